The van der Waals surface area contributed by atoms with E-state index in [1.54, 1.807) is 36.4 Å². The fourth-order valence-corrected chi connectivity index (χ4v) is 3.82. The van der Waals surface area contributed by atoms with Crippen molar-refractivity contribution in [3.63, 3.8) is 0 Å². The molecule has 1 heterocycles. The maximum Gasteiger partial charge on any atom is 0.435 e. The molecule has 4 aromatic rings. The summed E-state index contributed by atoms with van der Waals surface area (Å²) in [6, 6.07) is 15.5. The molecular weight excluding hydrogens is 493 g/mol. The predicted octanol–water partition coefficient (Wildman–Crippen LogP) is 7.47. The molecule has 1 amide bonds. The van der Waals surface area contributed by atoms with Crippen LogP contribution in [-0.2, 0) is 13.2 Å². The van der Waals surface area contributed by atoms with Crippen LogP contribution in [0.25, 0.3) is 22.3 Å². The molecule has 174 valence electrons. The molecule has 4 nitrogen and oxygen atoms in total. The number of benzene rings is 3. The molecule has 0 aliphatic carbocycles. The van der Waals surface area contributed by atoms with Gasteiger partial charge in [-0.25, -0.2) is 4.39 Å². The topological polar surface area (TPSA) is 46.9 Å². The Hall–Kier alpha value is -3.36. The second kappa shape index (κ2) is 9.12. The first-order valence-electron chi connectivity index (χ1n) is 9.81. The molecule has 34 heavy (non-hydrogen) atoms. The number of aryl methyl sites for hydroxylation is 1. The van der Waals surface area contributed by atoms with Gasteiger partial charge in [-0.05, 0) is 35.4 Å². The van der Waals surface area contributed by atoms with Gasteiger partial charge in [-0.3, -0.25) is 9.48 Å². The second-order valence-corrected chi connectivity index (χ2v) is 8.20. The monoisotopic (exact) mass is 507 g/mol. The third kappa shape index (κ3) is 4.78. The number of hydrogen-bond acceptors (Lipinski definition) is 2. The molecule has 4 rings (SSSR count). The zero-order valence-corrected chi connectivity index (χ0v) is 18.9. The molecule has 0 radical (unpaired) electrons. The number of carbonyl (C=O) groups excluding carboxylic acids is 1. The molecule has 0 aliphatic rings. The van der Waals surface area contributed by atoms with Crippen molar-refractivity contribution >= 4 is 34.8 Å². The summed E-state index contributed by atoms with van der Waals surface area (Å²) in [6.45, 7) is 0. The zero-order chi connectivity index (χ0) is 24.6. The van der Waals surface area contributed by atoms with Gasteiger partial charge in [0.1, 0.15) is 5.82 Å². The van der Waals surface area contributed by atoms with Crippen LogP contribution in [0.3, 0.4) is 0 Å². The highest BCUT2D eigenvalue weighted by Gasteiger charge is 2.39. The number of nitrogens with zero attached hydrogens (tertiary/aromatic N) is 2. The van der Waals surface area contributed by atoms with Crippen LogP contribution in [0.4, 0.5) is 23.2 Å². The van der Waals surface area contributed by atoms with Gasteiger partial charge in [0.2, 0.25) is 0 Å². The molecule has 0 aliphatic heterocycles. The predicted molar refractivity (Wildman–Crippen MR) is 123 cm³/mol. The Bertz CT molecular complexity index is 1390. The summed E-state index contributed by atoms with van der Waals surface area (Å²) in [6.07, 6.45) is -3.87. The van der Waals surface area contributed by atoms with Gasteiger partial charge in [0.05, 0.1) is 21.3 Å². The van der Waals surface area contributed by atoms with Gasteiger partial charge < -0.3 is 5.32 Å². The zero-order valence-electron chi connectivity index (χ0n) is 17.4. The summed E-state index contributed by atoms with van der Waals surface area (Å²) in [5.41, 5.74) is -0.460. The minimum Gasteiger partial charge on any atom is -0.321 e. The van der Waals surface area contributed by atoms with Crippen LogP contribution < -0.4 is 5.32 Å². The molecule has 1 N–H and O–H groups in total. The lowest BCUT2D eigenvalue weighted by molar-refractivity contribution is -0.141. The van der Waals surface area contributed by atoms with Crippen molar-refractivity contribution in [1.82, 2.24) is 9.78 Å². The summed E-state index contributed by atoms with van der Waals surface area (Å²) in [5, 5.41) is 6.38. The number of carbonyl (C=O) groups is 1. The number of halogens is 6. The fraction of sp³-hybridized carbons (Fsp3) is 0.0833. The van der Waals surface area contributed by atoms with Crippen LogP contribution >= 0.6 is 23.2 Å². The number of rotatable bonds is 4. The molecule has 0 bridgehead atoms. The lowest BCUT2D eigenvalue weighted by Crippen LogP contribution is -2.18. The van der Waals surface area contributed by atoms with Gasteiger partial charge >= 0.3 is 6.18 Å². The van der Waals surface area contributed by atoms with Crippen LogP contribution in [0.15, 0.2) is 66.9 Å². The van der Waals surface area contributed by atoms with E-state index in [9.17, 15) is 22.4 Å². The van der Waals surface area contributed by atoms with Gasteiger partial charge in [-0.15, -0.1) is 0 Å². The molecular formula is C24H15Cl2F4N3O. The van der Waals surface area contributed by atoms with E-state index in [0.717, 1.165) is 16.9 Å². The Morgan fingerprint density at radius 1 is 0.941 bits per heavy atom. The summed E-state index contributed by atoms with van der Waals surface area (Å²) in [5.74, 6) is -1.67. The summed E-state index contributed by atoms with van der Waals surface area (Å²) in [7, 11) is 1.28. The average molecular weight is 508 g/mol. The van der Waals surface area contributed by atoms with E-state index in [1.807, 2.05) is 0 Å². The van der Waals surface area contributed by atoms with Gasteiger partial charge in [-0.1, -0.05) is 59.6 Å². The fourth-order valence-electron chi connectivity index (χ4n) is 3.52. The largest absolute Gasteiger partial charge is 0.435 e. The van der Waals surface area contributed by atoms with E-state index in [1.165, 1.54) is 25.2 Å². The lowest BCUT2D eigenvalue weighted by Gasteiger charge is -2.18. The van der Waals surface area contributed by atoms with E-state index >= 15 is 0 Å². The van der Waals surface area contributed by atoms with Crippen molar-refractivity contribution in [2.45, 2.75) is 6.18 Å². The normalized spacial score (nSPS) is 11.5. The highest BCUT2D eigenvalue weighted by atomic mass is 35.5. The molecule has 0 atom stereocenters. The molecule has 1 aromatic heterocycles. The lowest BCUT2D eigenvalue weighted by atomic mass is 9.95. The first kappa shape index (κ1) is 23.8. The molecule has 10 heteroatoms. The quantitative estimate of drug-likeness (QED) is 0.291. The minimum atomic E-state index is -4.84. The van der Waals surface area contributed by atoms with E-state index < -0.39 is 29.2 Å². The number of hydrogen-bond donors (Lipinski definition) is 1. The average Bonchev–Trinajstić information content (AvgIpc) is 3.19. The molecule has 3 aromatic carbocycles. The summed E-state index contributed by atoms with van der Waals surface area (Å²) in [4.78, 5) is 13.1. The maximum absolute atomic E-state index is 14.7. The molecule has 0 unspecified atom stereocenters. The van der Waals surface area contributed by atoms with Crippen LogP contribution in [-0.4, -0.2) is 15.7 Å². The van der Waals surface area contributed by atoms with Crippen molar-refractivity contribution in [2.75, 3.05) is 5.32 Å². The molecule has 0 spiro atoms. The Balaban J connectivity index is 1.92. The highest BCUT2D eigenvalue weighted by molar-refractivity contribution is 6.42. The number of nitrogens with one attached hydrogen (secondary N) is 1. The van der Waals surface area contributed by atoms with E-state index in [0.29, 0.717) is 11.1 Å². The van der Waals surface area contributed by atoms with Crippen molar-refractivity contribution in [2.24, 2.45) is 7.05 Å². The third-order valence-electron chi connectivity index (χ3n) is 5.00. The smallest absolute Gasteiger partial charge is 0.321 e. The van der Waals surface area contributed by atoms with Gasteiger partial charge in [0, 0.05) is 24.4 Å². The standard InChI is InChI=1S/C24H15Cl2F4N3O/c1-33-12-18(22(32-33)24(28,29)30)23(34)31-21-16(13-5-3-2-4-6-13)10-15(27)11-17(21)14-7-8-19(25)20(26)9-14/h2-12H,1H3,(H,31,34). The van der Waals surface area contributed by atoms with Crippen LogP contribution in [0.2, 0.25) is 10.0 Å². The van der Waals surface area contributed by atoms with Gasteiger partial charge in [0.25, 0.3) is 5.91 Å². The van der Waals surface area contributed by atoms with Crippen molar-refractivity contribution < 1.29 is 22.4 Å². The second-order valence-electron chi connectivity index (χ2n) is 7.39. The summed E-state index contributed by atoms with van der Waals surface area (Å²) >= 11 is 12.1. The Morgan fingerprint density at radius 3 is 2.21 bits per heavy atom. The molecule has 0 saturated heterocycles. The number of aromatic nitrogens is 2. The maximum atomic E-state index is 14.7. The minimum absolute atomic E-state index is 0.105. The number of amides is 1. The number of anilines is 1. The highest BCUT2D eigenvalue weighted by Crippen LogP contribution is 2.40. The third-order valence-corrected chi connectivity index (χ3v) is 5.74. The SMILES string of the molecule is Cn1cc(C(=O)Nc2c(-c3ccccc3)cc(F)cc2-c2ccc(Cl)c(Cl)c2)c(C(F)(F)F)n1. The Kier molecular flexibility index (Phi) is 6.38. The van der Waals surface area contributed by atoms with E-state index in [4.69, 9.17) is 23.2 Å². The first-order valence-corrected chi connectivity index (χ1v) is 10.6. The van der Waals surface area contributed by atoms with Crippen LogP contribution in [0.1, 0.15) is 16.1 Å². The van der Waals surface area contributed by atoms with Crippen LogP contribution in [0, 0.1) is 5.82 Å². The summed E-state index contributed by atoms with van der Waals surface area (Å²) < 4.78 is 56.0. The Labute approximate surface area is 201 Å². The van der Waals surface area contributed by atoms with E-state index in [2.05, 4.69) is 10.4 Å². The van der Waals surface area contributed by atoms with Gasteiger partial charge in [0.15, 0.2) is 5.69 Å². The van der Waals surface area contributed by atoms with E-state index in [-0.39, 0.29) is 26.9 Å². The molecule has 0 saturated carbocycles. The number of alkyl halides is 3. The molecule has 0 fully saturated rings. The van der Waals surface area contributed by atoms with Gasteiger partial charge in [-0.2, -0.15) is 18.3 Å². The first-order chi connectivity index (χ1) is 16.0. The van der Waals surface area contributed by atoms with Crippen molar-refractivity contribution in [3.8, 4) is 22.3 Å². The van der Waals surface area contributed by atoms with Crippen LogP contribution in [0.5, 0.6) is 0 Å². The Morgan fingerprint density at radius 2 is 1.59 bits per heavy atom. The van der Waals surface area contributed by atoms with Crippen molar-refractivity contribution in [3.05, 3.63) is 94.0 Å². The van der Waals surface area contributed by atoms with Crippen molar-refractivity contribution in [1.29, 1.82) is 0 Å².